The second-order valence-corrected chi connectivity index (χ2v) is 7.60. The van der Waals surface area contributed by atoms with Crippen molar-refractivity contribution in [3.63, 3.8) is 0 Å². The number of likely N-dealkylation sites (tertiary alicyclic amines) is 1. The topological polar surface area (TPSA) is 57.6 Å². The molecule has 1 aromatic heterocycles. The standard InChI is InChI=1S/C12H14INO3S/c1-12(11(16)17)2-4-14(5-3-12)10(15)8-6-9(13)18-7-8/h6-7H,2-5H2,1H3,(H,16,17). The van der Waals surface area contributed by atoms with Crippen molar-refractivity contribution in [2.45, 2.75) is 19.8 Å². The first-order valence-electron chi connectivity index (χ1n) is 5.69. The fraction of sp³-hybridized carbons (Fsp3) is 0.500. The first-order chi connectivity index (χ1) is 8.42. The van der Waals surface area contributed by atoms with E-state index in [9.17, 15) is 9.59 Å². The zero-order valence-electron chi connectivity index (χ0n) is 9.98. The van der Waals surface area contributed by atoms with Gasteiger partial charge < -0.3 is 10.0 Å². The molecule has 1 N–H and O–H groups in total. The zero-order valence-corrected chi connectivity index (χ0v) is 13.0. The zero-order chi connectivity index (χ0) is 13.3. The molecule has 0 spiro atoms. The van der Waals surface area contributed by atoms with Crippen molar-refractivity contribution in [1.29, 1.82) is 0 Å². The second-order valence-electron chi connectivity index (χ2n) is 4.80. The van der Waals surface area contributed by atoms with E-state index in [2.05, 4.69) is 22.6 Å². The minimum absolute atomic E-state index is 0.0154. The van der Waals surface area contributed by atoms with E-state index in [1.54, 1.807) is 23.2 Å². The third kappa shape index (κ3) is 2.69. The number of carboxylic acids is 1. The lowest BCUT2D eigenvalue weighted by Gasteiger charge is -2.36. The molecule has 0 aliphatic carbocycles. The number of rotatable bonds is 2. The summed E-state index contributed by atoms with van der Waals surface area (Å²) in [7, 11) is 0. The Morgan fingerprint density at radius 3 is 2.50 bits per heavy atom. The highest BCUT2D eigenvalue weighted by Gasteiger charge is 2.38. The molecular weight excluding hydrogens is 365 g/mol. The van der Waals surface area contributed by atoms with Gasteiger partial charge in [0, 0.05) is 18.5 Å². The third-order valence-electron chi connectivity index (χ3n) is 3.48. The minimum Gasteiger partial charge on any atom is -0.481 e. The summed E-state index contributed by atoms with van der Waals surface area (Å²) in [5.74, 6) is -0.749. The molecule has 1 fully saturated rings. The van der Waals surface area contributed by atoms with Crippen molar-refractivity contribution in [1.82, 2.24) is 4.90 Å². The highest BCUT2D eigenvalue weighted by molar-refractivity contribution is 14.1. The van der Waals surface area contributed by atoms with Gasteiger partial charge in [-0.25, -0.2) is 0 Å². The summed E-state index contributed by atoms with van der Waals surface area (Å²) in [4.78, 5) is 25.1. The van der Waals surface area contributed by atoms with E-state index < -0.39 is 11.4 Å². The summed E-state index contributed by atoms with van der Waals surface area (Å²) >= 11 is 3.74. The Bertz CT molecular complexity index is 477. The van der Waals surface area contributed by atoms with Gasteiger partial charge in [-0.05, 0) is 48.4 Å². The number of aliphatic carboxylic acids is 1. The van der Waals surface area contributed by atoms with E-state index in [0.717, 1.165) is 2.88 Å². The van der Waals surface area contributed by atoms with Gasteiger partial charge in [0.25, 0.3) is 5.91 Å². The molecule has 2 heterocycles. The predicted octanol–water partition coefficient (Wildman–Crippen LogP) is 2.68. The maximum Gasteiger partial charge on any atom is 0.309 e. The molecule has 0 saturated carbocycles. The van der Waals surface area contributed by atoms with Crippen LogP contribution < -0.4 is 0 Å². The van der Waals surface area contributed by atoms with Crippen molar-refractivity contribution < 1.29 is 14.7 Å². The smallest absolute Gasteiger partial charge is 0.309 e. The van der Waals surface area contributed by atoms with E-state index in [-0.39, 0.29) is 5.91 Å². The largest absolute Gasteiger partial charge is 0.481 e. The van der Waals surface area contributed by atoms with Crippen LogP contribution in [0.2, 0.25) is 0 Å². The molecule has 1 amide bonds. The van der Waals surface area contributed by atoms with E-state index in [1.807, 2.05) is 11.4 Å². The number of carbonyl (C=O) groups excluding carboxylic acids is 1. The summed E-state index contributed by atoms with van der Waals surface area (Å²) in [5, 5.41) is 11.0. The molecule has 0 atom stereocenters. The molecule has 1 aromatic rings. The fourth-order valence-electron chi connectivity index (χ4n) is 2.02. The Hall–Kier alpha value is -0.630. The Morgan fingerprint density at radius 1 is 1.44 bits per heavy atom. The van der Waals surface area contributed by atoms with Crippen molar-refractivity contribution in [3.05, 3.63) is 19.9 Å². The SMILES string of the molecule is CC1(C(=O)O)CCN(C(=O)c2csc(I)c2)CC1. The minimum atomic E-state index is -0.764. The van der Waals surface area contributed by atoms with E-state index in [0.29, 0.717) is 31.5 Å². The Balaban J connectivity index is 2.02. The molecule has 4 nitrogen and oxygen atoms in total. The Morgan fingerprint density at radius 2 is 2.06 bits per heavy atom. The molecular formula is C12H14INO3S. The van der Waals surface area contributed by atoms with Gasteiger partial charge in [0.2, 0.25) is 0 Å². The second kappa shape index (κ2) is 5.16. The number of carbonyl (C=O) groups is 2. The van der Waals surface area contributed by atoms with Crippen LogP contribution in [0.1, 0.15) is 30.1 Å². The van der Waals surface area contributed by atoms with Gasteiger partial charge in [0.05, 0.1) is 13.9 Å². The summed E-state index contributed by atoms with van der Waals surface area (Å²) in [6, 6.07) is 1.87. The van der Waals surface area contributed by atoms with Crippen LogP contribution in [0.25, 0.3) is 0 Å². The number of carboxylic acid groups (broad SMARTS) is 1. The summed E-state index contributed by atoms with van der Waals surface area (Å²) in [6.45, 7) is 2.80. The molecule has 98 valence electrons. The van der Waals surface area contributed by atoms with Crippen LogP contribution >= 0.6 is 33.9 Å². The lowest BCUT2D eigenvalue weighted by molar-refractivity contribution is -0.150. The number of thiophene rings is 1. The maximum absolute atomic E-state index is 12.2. The van der Waals surface area contributed by atoms with Crippen molar-refractivity contribution >= 4 is 45.8 Å². The van der Waals surface area contributed by atoms with E-state index in [4.69, 9.17) is 5.11 Å². The number of nitrogens with zero attached hydrogens (tertiary/aromatic N) is 1. The summed E-state index contributed by atoms with van der Waals surface area (Å²) in [6.07, 6.45) is 1.05. The van der Waals surface area contributed by atoms with Gasteiger partial charge in [0.1, 0.15) is 0 Å². The number of hydrogen-bond acceptors (Lipinski definition) is 3. The van der Waals surface area contributed by atoms with Crippen LogP contribution in [-0.4, -0.2) is 35.0 Å². The highest BCUT2D eigenvalue weighted by atomic mass is 127. The molecule has 1 saturated heterocycles. The van der Waals surface area contributed by atoms with Gasteiger partial charge in [0.15, 0.2) is 0 Å². The van der Waals surface area contributed by atoms with Crippen LogP contribution in [0, 0.1) is 8.30 Å². The average Bonchev–Trinajstić information content (AvgIpc) is 2.76. The lowest BCUT2D eigenvalue weighted by Crippen LogP contribution is -2.45. The van der Waals surface area contributed by atoms with Crippen molar-refractivity contribution in [2.75, 3.05) is 13.1 Å². The molecule has 0 radical (unpaired) electrons. The van der Waals surface area contributed by atoms with Gasteiger partial charge in [-0.2, -0.15) is 0 Å². The molecule has 0 bridgehead atoms. The molecule has 18 heavy (non-hydrogen) atoms. The lowest BCUT2D eigenvalue weighted by atomic mass is 9.80. The van der Waals surface area contributed by atoms with Gasteiger partial charge in [-0.3, -0.25) is 9.59 Å². The van der Waals surface area contributed by atoms with Crippen LogP contribution in [0.3, 0.4) is 0 Å². The molecule has 1 aliphatic rings. The van der Waals surface area contributed by atoms with Gasteiger partial charge >= 0.3 is 5.97 Å². The molecule has 1 aliphatic heterocycles. The number of amides is 1. The van der Waals surface area contributed by atoms with Crippen molar-refractivity contribution in [3.8, 4) is 0 Å². The molecule has 6 heteroatoms. The third-order valence-corrected chi connectivity index (χ3v) is 5.27. The average molecular weight is 379 g/mol. The van der Waals surface area contributed by atoms with Gasteiger partial charge in [-0.1, -0.05) is 0 Å². The van der Waals surface area contributed by atoms with E-state index >= 15 is 0 Å². The summed E-state index contributed by atoms with van der Waals surface area (Å²) in [5.41, 5.74) is 0.0307. The maximum atomic E-state index is 12.2. The summed E-state index contributed by atoms with van der Waals surface area (Å²) < 4.78 is 1.09. The van der Waals surface area contributed by atoms with Crippen LogP contribution in [0.5, 0.6) is 0 Å². The predicted molar refractivity (Wildman–Crippen MR) is 77.9 cm³/mol. The molecule has 0 aromatic carbocycles. The van der Waals surface area contributed by atoms with Gasteiger partial charge in [-0.15, -0.1) is 11.3 Å². The van der Waals surface area contributed by atoms with Crippen LogP contribution in [0.15, 0.2) is 11.4 Å². The molecule has 2 rings (SSSR count). The monoisotopic (exact) mass is 379 g/mol. The first kappa shape index (κ1) is 13.8. The van der Waals surface area contributed by atoms with Crippen LogP contribution in [0.4, 0.5) is 0 Å². The number of piperidine rings is 1. The number of hydrogen-bond donors (Lipinski definition) is 1. The fourth-order valence-corrected chi connectivity index (χ4v) is 3.34. The van der Waals surface area contributed by atoms with Crippen LogP contribution in [-0.2, 0) is 4.79 Å². The first-order valence-corrected chi connectivity index (χ1v) is 7.65. The highest BCUT2D eigenvalue weighted by Crippen LogP contribution is 2.32. The normalized spacial score (nSPS) is 18.7. The Kier molecular flexibility index (Phi) is 3.96. The van der Waals surface area contributed by atoms with E-state index in [1.165, 1.54) is 0 Å². The molecule has 0 unspecified atom stereocenters. The van der Waals surface area contributed by atoms with Crippen molar-refractivity contribution in [2.24, 2.45) is 5.41 Å². The Labute approximate surface area is 123 Å². The number of halogens is 1. The quantitative estimate of drug-likeness (QED) is 0.804.